The molecule has 0 fully saturated rings. The Labute approximate surface area is 321 Å². The lowest BCUT2D eigenvalue weighted by atomic mass is 10.00. The van der Waals surface area contributed by atoms with Crippen LogP contribution in [0.25, 0.3) is 81.7 Å². The van der Waals surface area contributed by atoms with Crippen LogP contribution in [0.1, 0.15) is 22.9 Å². The Morgan fingerprint density at radius 2 is 1.00 bits per heavy atom. The summed E-state index contributed by atoms with van der Waals surface area (Å²) < 4.78 is 9.52. The van der Waals surface area contributed by atoms with Crippen molar-refractivity contribution in [3.63, 3.8) is 0 Å². The fourth-order valence-corrected chi connectivity index (χ4v) is 8.92. The number of furan rings is 1. The van der Waals surface area contributed by atoms with E-state index in [1.54, 1.807) is 0 Å². The van der Waals surface area contributed by atoms with Crippen molar-refractivity contribution in [2.24, 2.45) is 9.98 Å². The first kappa shape index (κ1) is 30.9. The van der Waals surface area contributed by atoms with E-state index in [0.29, 0.717) is 5.84 Å². The third kappa shape index (κ3) is 4.55. The molecule has 3 heterocycles. The molecule has 2 aromatic heterocycles. The monoisotopic (exact) mass is 716 g/mol. The third-order valence-electron chi connectivity index (χ3n) is 11.4. The highest BCUT2D eigenvalue weighted by molar-refractivity contribution is 6.30. The quantitative estimate of drug-likeness (QED) is 0.197. The van der Waals surface area contributed by atoms with Gasteiger partial charge < -0.3 is 14.3 Å². The molecule has 262 valence electrons. The highest BCUT2D eigenvalue weighted by atomic mass is 16.3. The largest absolute Gasteiger partial charge is 0.456 e. The highest BCUT2D eigenvalue weighted by Gasteiger charge is 2.28. The fourth-order valence-electron chi connectivity index (χ4n) is 8.92. The van der Waals surface area contributed by atoms with Gasteiger partial charge in [-0.25, -0.2) is 9.98 Å². The van der Waals surface area contributed by atoms with Crippen molar-refractivity contribution >= 4 is 87.7 Å². The smallest absolute Gasteiger partial charge is 0.159 e. The van der Waals surface area contributed by atoms with Gasteiger partial charge in [-0.15, -0.1) is 0 Å². The summed E-state index contributed by atoms with van der Waals surface area (Å²) in [6, 6.07) is 64.3. The van der Waals surface area contributed by atoms with Crippen molar-refractivity contribution < 1.29 is 4.42 Å². The zero-order chi connectivity index (χ0) is 36.7. The number of nitrogens with zero attached hydrogens (tertiary/aromatic N) is 3. The summed E-state index contributed by atoms with van der Waals surface area (Å²) in [6.07, 6.45) is -0.465. The molecular weight excluding hydrogens is 685 g/mol. The molecule has 0 bridgehead atoms. The Balaban J connectivity index is 1.20. The zero-order valence-corrected chi connectivity index (χ0v) is 30.1. The van der Waals surface area contributed by atoms with Crippen molar-refractivity contribution in [3.8, 4) is 5.69 Å². The predicted octanol–water partition coefficient (Wildman–Crippen LogP) is 12.6. The SMILES string of the molecule is c1ccc(C2=NC(c3ccc(-n4c5ccc6ccccc6c5c5c6ccccc6ccc54)c4c3oc3ccc5ccccc5c34)NC(c3ccccc3)=N2)cc1. The van der Waals surface area contributed by atoms with E-state index in [1.807, 2.05) is 36.4 Å². The van der Waals surface area contributed by atoms with Crippen molar-refractivity contribution in [2.75, 3.05) is 0 Å². The van der Waals surface area contributed by atoms with Gasteiger partial charge in [0.25, 0.3) is 0 Å². The Bertz CT molecular complexity index is 3350. The number of amidine groups is 2. The van der Waals surface area contributed by atoms with Crippen LogP contribution in [0.3, 0.4) is 0 Å². The molecule has 1 atom stereocenters. The van der Waals surface area contributed by atoms with E-state index in [1.165, 1.54) is 32.3 Å². The number of fused-ring (bicyclic) bond motifs is 12. The lowest BCUT2D eigenvalue weighted by molar-refractivity contribution is 0.628. The molecule has 1 aliphatic rings. The van der Waals surface area contributed by atoms with Gasteiger partial charge in [-0.1, -0.05) is 152 Å². The Morgan fingerprint density at radius 1 is 0.464 bits per heavy atom. The number of aromatic nitrogens is 1. The molecule has 1 unspecified atom stereocenters. The molecule has 9 aromatic carbocycles. The third-order valence-corrected chi connectivity index (χ3v) is 11.4. The molecule has 1 N–H and O–H groups in total. The van der Waals surface area contributed by atoms with E-state index < -0.39 is 6.17 Å². The zero-order valence-electron chi connectivity index (χ0n) is 30.1. The lowest BCUT2D eigenvalue weighted by Gasteiger charge is -2.24. The van der Waals surface area contributed by atoms with Crippen LogP contribution in [-0.4, -0.2) is 16.2 Å². The molecule has 5 nitrogen and oxygen atoms in total. The molecule has 5 heteroatoms. The van der Waals surface area contributed by atoms with E-state index in [9.17, 15) is 0 Å². The lowest BCUT2D eigenvalue weighted by Crippen LogP contribution is -2.33. The molecule has 0 saturated heterocycles. The first-order valence-corrected chi connectivity index (χ1v) is 19.0. The number of rotatable bonds is 4. The molecular formula is C51H32N4O. The second kappa shape index (κ2) is 12.0. The first-order valence-electron chi connectivity index (χ1n) is 19.0. The van der Waals surface area contributed by atoms with Crippen LogP contribution in [-0.2, 0) is 0 Å². The van der Waals surface area contributed by atoms with Gasteiger partial charge in [-0.3, -0.25) is 0 Å². The van der Waals surface area contributed by atoms with Gasteiger partial charge in [-0.2, -0.15) is 0 Å². The Hall–Kier alpha value is -7.50. The van der Waals surface area contributed by atoms with Crippen molar-refractivity contribution in [2.45, 2.75) is 6.17 Å². The van der Waals surface area contributed by atoms with Crippen LogP contribution >= 0.6 is 0 Å². The van der Waals surface area contributed by atoms with Crippen LogP contribution in [0.2, 0.25) is 0 Å². The molecule has 0 spiro atoms. The summed E-state index contributed by atoms with van der Waals surface area (Å²) in [4.78, 5) is 10.4. The van der Waals surface area contributed by atoms with E-state index in [2.05, 4.69) is 155 Å². The van der Waals surface area contributed by atoms with E-state index >= 15 is 0 Å². The summed E-state index contributed by atoms with van der Waals surface area (Å²) in [5.74, 6) is 1.44. The summed E-state index contributed by atoms with van der Waals surface area (Å²) in [6.45, 7) is 0. The van der Waals surface area contributed by atoms with Gasteiger partial charge in [-0.05, 0) is 62.6 Å². The first-order chi connectivity index (χ1) is 27.8. The van der Waals surface area contributed by atoms with Crippen LogP contribution in [0.15, 0.2) is 196 Å². The second-order valence-electron chi connectivity index (χ2n) is 14.5. The Morgan fingerprint density at radius 3 is 1.62 bits per heavy atom. The van der Waals surface area contributed by atoms with Crippen molar-refractivity contribution in [3.05, 3.63) is 199 Å². The molecule has 0 aliphatic carbocycles. The van der Waals surface area contributed by atoms with Gasteiger partial charge in [0, 0.05) is 32.8 Å². The highest BCUT2D eigenvalue weighted by Crippen LogP contribution is 2.46. The minimum absolute atomic E-state index is 0.465. The summed E-state index contributed by atoms with van der Waals surface area (Å²) in [5.41, 5.74) is 7.89. The van der Waals surface area contributed by atoms with E-state index in [-0.39, 0.29) is 0 Å². The van der Waals surface area contributed by atoms with Gasteiger partial charge in [0.2, 0.25) is 0 Å². The number of aliphatic imine (C=N–C) groups is 2. The minimum atomic E-state index is -0.465. The molecule has 11 aromatic rings. The number of hydrogen-bond donors (Lipinski definition) is 1. The normalized spacial score (nSPS) is 14.6. The molecule has 0 radical (unpaired) electrons. The van der Waals surface area contributed by atoms with Crippen molar-refractivity contribution in [1.82, 2.24) is 9.88 Å². The maximum absolute atomic E-state index is 7.07. The fraction of sp³-hybridized carbons (Fsp3) is 0.0196. The van der Waals surface area contributed by atoms with Crippen LogP contribution in [0, 0.1) is 0 Å². The van der Waals surface area contributed by atoms with Crippen LogP contribution < -0.4 is 5.32 Å². The molecule has 1 aliphatic heterocycles. The Kier molecular flexibility index (Phi) is 6.63. The van der Waals surface area contributed by atoms with Crippen molar-refractivity contribution in [1.29, 1.82) is 0 Å². The second-order valence-corrected chi connectivity index (χ2v) is 14.5. The van der Waals surface area contributed by atoms with E-state index in [0.717, 1.165) is 72.0 Å². The molecule has 56 heavy (non-hydrogen) atoms. The molecule has 0 saturated carbocycles. The molecule has 12 rings (SSSR count). The summed E-state index contributed by atoms with van der Waals surface area (Å²) >= 11 is 0. The van der Waals surface area contributed by atoms with Gasteiger partial charge in [0.1, 0.15) is 17.0 Å². The topological polar surface area (TPSA) is 54.8 Å². The average Bonchev–Trinajstić information content (AvgIpc) is 3.84. The standard InChI is InChI=1S/C51H32N4O/c1-3-16-34(17-4-1)49-52-50(35-18-5-2-6-19-35)54-51(53-49)39-26-29-42(47-46-38-22-12-9-15-33(38)25-30-43(46)56-48(39)47)55-40-27-23-31-13-7-10-20-36(31)44(40)45-37-21-11-8-14-32(37)24-28-41(45)55/h1-30,51H,(H,52,53,54). The van der Waals surface area contributed by atoms with Gasteiger partial charge in [0.15, 0.2) is 12.0 Å². The van der Waals surface area contributed by atoms with Crippen LogP contribution in [0.5, 0.6) is 0 Å². The predicted molar refractivity (Wildman–Crippen MR) is 232 cm³/mol. The van der Waals surface area contributed by atoms with Gasteiger partial charge in [0.05, 0.1) is 22.1 Å². The number of hydrogen-bond acceptors (Lipinski definition) is 4. The average molecular weight is 717 g/mol. The van der Waals surface area contributed by atoms with Gasteiger partial charge >= 0.3 is 0 Å². The molecule has 0 amide bonds. The minimum Gasteiger partial charge on any atom is -0.456 e. The van der Waals surface area contributed by atoms with Crippen LogP contribution in [0.4, 0.5) is 0 Å². The maximum atomic E-state index is 7.07. The van der Waals surface area contributed by atoms with E-state index in [4.69, 9.17) is 14.4 Å². The number of benzene rings is 9. The number of nitrogens with one attached hydrogen (secondary N) is 1. The summed E-state index contributed by atoms with van der Waals surface area (Å²) in [7, 11) is 0. The summed E-state index contributed by atoms with van der Waals surface area (Å²) in [5, 5.41) is 15.6. The maximum Gasteiger partial charge on any atom is 0.159 e.